The molecule has 172 valence electrons. The van der Waals surface area contributed by atoms with Crippen LogP contribution < -0.4 is 14.4 Å². The van der Waals surface area contributed by atoms with Crippen LogP contribution in [0.5, 0.6) is 11.5 Å². The number of piperidine rings is 1. The highest BCUT2D eigenvalue weighted by Crippen LogP contribution is 2.36. The Kier molecular flexibility index (Phi) is 6.37. The van der Waals surface area contributed by atoms with Crippen molar-refractivity contribution in [3.8, 4) is 22.6 Å². The lowest BCUT2D eigenvalue weighted by Gasteiger charge is -2.31. The van der Waals surface area contributed by atoms with Crippen molar-refractivity contribution in [2.75, 3.05) is 30.5 Å². The van der Waals surface area contributed by atoms with Crippen LogP contribution in [-0.4, -0.2) is 40.2 Å². The van der Waals surface area contributed by atoms with Gasteiger partial charge >= 0.3 is 0 Å². The number of fused-ring (bicyclic) bond motifs is 1. The van der Waals surface area contributed by atoms with Crippen molar-refractivity contribution in [2.45, 2.75) is 31.1 Å². The smallest absolute Gasteiger partial charge is 0.250 e. The van der Waals surface area contributed by atoms with Crippen molar-refractivity contribution >= 4 is 17.1 Å². The molecule has 0 radical (unpaired) electrons. The average Bonchev–Trinajstić information content (AvgIpc) is 3.23. The largest absolute Gasteiger partial charge is 0.609 e. The first-order chi connectivity index (χ1) is 16.1. The standard InChI is InChI=1S/C25H26FN3O3S/c1-2-17-13-27-25(28-14-17)29-9-7-18(8-10-29)15-31-22-5-3-19(11-21(22)26)20-4-6-24-23(12-20)32-16-33(24)30/h3-6,11-14,18H,2,7-10,15-16H2,1H3. The van der Waals surface area contributed by atoms with Gasteiger partial charge in [0.15, 0.2) is 22.2 Å². The summed E-state index contributed by atoms with van der Waals surface area (Å²) in [7, 11) is 0. The van der Waals surface area contributed by atoms with Gasteiger partial charge < -0.3 is 18.9 Å². The molecule has 5 rings (SSSR count). The van der Waals surface area contributed by atoms with Crippen LogP contribution in [0.3, 0.4) is 0 Å². The van der Waals surface area contributed by atoms with Crippen molar-refractivity contribution in [3.05, 3.63) is 60.2 Å². The maximum atomic E-state index is 14.7. The molecule has 33 heavy (non-hydrogen) atoms. The molecule has 0 aliphatic carbocycles. The highest BCUT2D eigenvalue weighted by molar-refractivity contribution is 7.91. The van der Waals surface area contributed by atoms with Crippen LogP contribution in [0.25, 0.3) is 11.1 Å². The number of halogens is 1. The Morgan fingerprint density at radius 1 is 1.12 bits per heavy atom. The molecule has 8 heteroatoms. The summed E-state index contributed by atoms with van der Waals surface area (Å²) in [6.07, 6.45) is 6.62. The summed E-state index contributed by atoms with van der Waals surface area (Å²) >= 11 is -1.12. The number of anilines is 1. The van der Waals surface area contributed by atoms with Crippen molar-refractivity contribution in [2.24, 2.45) is 5.92 Å². The Labute approximate surface area is 196 Å². The molecule has 1 atom stereocenters. The number of nitrogens with zero attached hydrogens (tertiary/aromatic N) is 3. The molecule has 1 unspecified atom stereocenters. The molecular formula is C25H26FN3O3S. The van der Waals surface area contributed by atoms with Crippen LogP contribution in [0.2, 0.25) is 0 Å². The van der Waals surface area contributed by atoms with Crippen LogP contribution >= 0.6 is 0 Å². The Morgan fingerprint density at radius 3 is 2.58 bits per heavy atom. The maximum Gasteiger partial charge on any atom is 0.250 e. The zero-order chi connectivity index (χ0) is 22.8. The second-order valence-electron chi connectivity index (χ2n) is 8.40. The topological polar surface area (TPSA) is 70.5 Å². The number of hydrogen-bond acceptors (Lipinski definition) is 6. The first-order valence-electron chi connectivity index (χ1n) is 11.2. The van der Waals surface area contributed by atoms with E-state index < -0.39 is 11.2 Å². The number of ether oxygens (including phenoxy) is 2. The fraction of sp³-hybridized carbons (Fsp3) is 0.360. The molecule has 1 fully saturated rings. The summed E-state index contributed by atoms with van der Waals surface area (Å²) in [5.41, 5.74) is 2.68. The number of benzene rings is 2. The van der Waals surface area contributed by atoms with Gasteiger partial charge in [-0.05, 0) is 72.2 Å². The van der Waals surface area contributed by atoms with Crippen LogP contribution in [-0.2, 0) is 17.6 Å². The number of aryl methyl sites for hydroxylation is 1. The van der Waals surface area contributed by atoms with Crippen molar-refractivity contribution in [1.82, 2.24) is 9.97 Å². The van der Waals surface area contributed by atoms with E-state index in [9.17, 15) is 8.94 Å². The van der Waals surface area contributed by atoms with Gasteiger partial charge in [0.2, 0.25) is 5.95 Å². The summed E-state index contributed by atoms with van der Waals surface area (Å²) in [5.74, 6) is 1.79. The zero-order valence-electron chi connectivity index (χ0n) is 18.5. The molecule has 3 heterocycles. The molecule has 2 aromatic carbocycles. The Bertz CT molecular complexity index is 1120. The van der Waals surface area contributed by atoms with Crippen LogP contribution in [0.1, 0.15) is 25.3 Å². The van der Waals surface area contributed by atoms with Gasteiger partial charge in [-0.3, -0.25) is 0 Å². The molecule has 2 aliphatic rings. The van der Waals surface area contributed by atoms with E-state index in [1.54, 1.807) is 12.1 Å². The molecule has 1 saturated heterocycles. The molecule has 0 bridgehead atoms. The number of hydrogen-bond donors (Lipinski definition) is 0. The molecule has 1 aromatic heterocycles. The van der Waals surface area contributed by atoms with Gasteiger partial charge in [0, 0.05) is 36.7 Å². The molecule has 3 aromatic rings. The first-order valence-corrected chi connectivity index (χ1v) is 12.6. The SMILES string of the molecule is CCc1cnc(N2CCC(COc3ccc(-c4ccc5c(c4)OC[S+]5[O-])cc3F)CC2)nc1. The Hall–Kier alpha value is -2.84. The minimum atomic E-state index is -1.12. The number of aromatic nitrogens is 2. The van der Waals surface area contributed by atoms with E-state index in [2.05, 4.69) is 21.8 Å². The monoisotopic (exact) mass is 467 g/mol. The van der Waals surface area contributed by atoms with Gasteiger partial charge in [-0.2, -0.15) is 0 Å². The summed E-state index contributed by atoms with van der Waals surface area (Å²) in [4.78, 5) is 11.8. The third-order valence-electron chi connectivity index (χ3n) is 6.25. The van der Waals surface area contributed by atoms with Crippen molar-refractivity contribution in [3.63, 3.8) is 0 Å². The summed E-state index contributed by atoms with van der Waals surface area (Å²) < 4.78 is 37.9. The predicted octanol–water partition coefficient (Wildman–Crippen LogP) is 4.60. The van der Waals surface area contributed by atoms with Crippen molar-refractivity contribution < 1.29 is 18.4 Å². The van der Waals surface area contributed by atoms with Gasteiger partial charge in [-0.1, -0.05) is 13.0 Å². The lowest BCUT2D eigenvalue weighted by atomic mass is 9.98. The van der Waals surface area contributed by atoms with Crippen LogP contribution in [0, 0.1) is 11.7 Å². The Balaban J connectivity index is 1.16. The van der Waals surface area contributed by atoms with Gasteiger partial charge in [-0.25, -0.2) is 14.4 Å². The molecule has 2 aliphatic heterocycles. The summed E-state index contributed by atoms with van der Waals surface area (Å²) in [5, 5.41) is 0. The molecule has 0 saturated carbocycles. The third kappa shape index (κ3) is 4.77. The second-order valence-corrected chi connectivity index (χ2v) is 9.77. The molecular weight excluding hydrogens is 441 g/mol. The quantitative estimate of drug-likeness (QED) is 0.494. The van der Waals surface area contributed by atoms with Gasteiger partial charge in [0.1, 0.15) is 0 Å². The predicted molar refractivity (Wildman–Crippen MR) is 126 cm³/mol. The highest BCUT2D eigenvalue weighted by Gasteiger charge is 2.26. The van der Waals surface area contributed by atoms with Gasteiger partial charge in [-0.15, -0.1) is 0 Å². The van der Waals surface area contributed by atoms with Gasteiger partial charge in [0.05, 0.1) is 6.61 Å². The summed E-state index contributed by atoms with van der Waals surface area (Å²) in [6.45, 7) is 4.31. The van der Waals surface area contributed by atoms with E-state index in [4.69, 9.17) is 9.47 Å². The first kappa shape index (κ1) is 22.0. The van der Waals surface area contributed by atoms with Crippen LogP contribution in [0.4, 0.5) is 10.3 Å². The van der Waals surface area contributed by atoms with Crippen LogP contribution in [0.15, 0.2) is 53.7 Å². The van der Waals surface area contributed by atoms with E-state index in [1.807, 2.05) is 30.6 Å². The normalized spacial score (nSPS) is 18.2. The van der Waals surface area contributed by atoms with E-state index in [0.29, 0.717) is 23.2 Å². The van der Waals surface area contributed by atoms with E-state index >= 15 is 0 Å². The zero-order valence-corrected chi connectivity index (χ0v) is 19.3. The highest BCUT2D eigenvalue weighted by atomic mass is 32.2. The molecule has 0 amide bonds. The minimum absolute atomic E-state index is 0.178. The molecule has 0 spiro atoms. The van der Waals surface area contributed by atoms with E-state index in [1.165, 1.54) is 6.07 Å². The average molecular weight is 468 g/mol. The fourth-order valence-electron chi connectivity index (χ4n) is 4.17. The van der Waals surface area contributed by atoms with Gasteiger partial charge in [0.25, 0.3) is 5.94 Å². The van der Waals surface area contributed by atoms with E-state index in [-0.39, 0.29) is 17.5 Å². The van der Waals surface area contributed by atoms with Crippen molar-refractivity contribution in [1.29, 1.82) is 0 Å². The Morgan fingerprint density at radius 2 is 1.85 bits per heavy atom. The lowest BCUT2D eigenvalue weighted by molar-refractivity contribution is 0.215. The summed E-state index contributed by atoms with van der Waals surface area (Å²) in [6, 6.07) is 10.4. The number of rotatable bonds is 6. The second kappa shape index (κ2) is 9.57. The minimum Gasteiger partial charge on any atom is -0.609 e. The lowest BCUT2D eigenvalue weighted by Crippen LogP contribution is -2.36. The molecule has 6 nitrogen and oxygen atoms in total. The third-order valence-corrected chi connectivity index (χ3v) is 7.41. The molecule has 0 N–H and O–H groups in total. The maximum absolute atomic E-state index is 14.7. The van der Waals surface area contributed by atoms with E-state index in [0.717, 1.165) is 55.0 Å². The fourth-order valence-corrected chi connectivity index (χ4v) is 5.09.